The van der Waals surface area contributed by atoms with Gasteiger partial charge in [-0.2, -0.15) is 0 Å². The molecule has 0 aliphatic carbocycles. The molecule has 3 N–H and O–H groups in total. The Balaban J connectivity index is 2.07. The quantitative estimate of drug-likeness (QED) is 0.435. The number of methoxy groups -OCH3 is 2. The number of anilines is 2. The van der Waals surface area contributed by atoms with Crippen LogP contribution in [0.25, 0.3) is 0 Å². The predicted molar refractivity (Wildman–Crippen MR) is 98.9 cm³/mol. The summed E-state index contributed by atoms with van der Waals surface area (Å²) in [5, 5.41) is 2.44. The molecule has 9 heteroatoms. The molecule has 0 radical (unpaired) electrons. The molecule has 0 aliphatic rings. The summed E-state index contributed by atoms with van der Waals surface area (Å²) in [6.45, 7) is -0.570. The van der Waals surface area contributed by atoms with E-state index in [9.17, 15) is 19.2 Å². The summed E-state index contributed by atoms with van der Waals surface area (Å²) < 4.78 is 14.2. The Hall–Kier alpha value is -3.88. The van der Waals surface area contributed by atoms with Crippen molar-refractivity contribution in [3.63, 3.8) is 0 Å². The Morgan fingerprint density at radius 3 is 1.86 bits per heavy atom. The average molecular weight is 386 g/mol. The van der Waals surface area contributed by atoms with Gasteiger partial charge in [0.05, 0.1) is 30.9 Å². The number of benzene rings is 2. The Morgan fingerprint density at radius 1 is 0.821 bits per heavy atom. The molecule has 0 bridgehead atoms. The molecule has 1 amide bonds. The van der Waals surface area contributed by atoms with Crippen LogP contribution >= 0.6 is 0 Å². The van der Waals surface area contributed by atoms with Crippen LogP contribution in [-0.2, 0) is 19.0 Å². The Morgan fingerprint density at radius 2 is 1.36 bits per heavy atom. The van der Waals surface area contributed by atoms with Gasteiger partial charge in [-0.1, -0.05) is 0 Å². The molecule has 0 saturated carbocycles. The highest BCUT2D eigenvalue weighted by Gasteiger charge is 2.16. The zero-order valence-electron chi connectivity index (χ0n) is 15.2. The van der Waals surface area contributed by atoms with E-state index in [1.165, 1.54) is 56.7 Å². The van der Waals surface area contributed by atoms with Crippen molar-refractivity contribution in [2.24, 2.45) is 0 Å². The number of esters is 3. The fourth-order valence-corrected chi connectivity index (χ4v) is 2.20. The van der Waals surface area contributed by atoms with Crippen LogP contribution in [0.4, 0.5) is 11.4 Å². The Kier molecular flexibility index (Phi) is 6.69. The van der Waals surface area contributed by atoms with Crippen molar-refractivity contribution in [3.8, 4) is 0 Å². The first-order valence-electron chi connectivity index (χ1n) is 7.98. The smallest absolute Gasteiger partial charge is 0.338 e. The van der Waals surface area contributed by atoms with Crippen LogP contribution in [0, 0.1) is 0 Å². The Bertz CT molecular complexity index is 873. The van der Waals surface area contributed by atoms with Crippen molar-refractivity contribution >= 4 is 35.2 Å². The number of nitrogens with one attached hydrogen (secondary N) is 1. The molecule has 146 valence electrons. The van der Waals surface area contributed by atoms with Gasteiger partial charge in [0, 0.05) is 11.4 Å². The maximum absolute atomic E-state index is 12.1. The third-order valence-corrected chi connectivity index (χ3v) is 3.54. The second-order valence-electron chi connectivity index (χ2n) is 5.53. The van der Waals surface area contributed by atoms with Crippen LogP contribution < -0.4 is 11.1 Å². The lowest BCUT2D eigenvalue weighted by molar-refractivity contribution is -0.119. The summed E-state index contributed by atoms with van der Waals surface area (Å²) in [7, 11) is 2.37. The number of nitrogen functional groups attached to an aromatic ring is 1. The molecule has 0 heterocycles. The van der Waals surface area contributed by atoms with Crippen molar-refractivity contribution in [2.45, 2.75) is 0 Å². The van der Waals surface area contributed by atoms with Gasteiger partial charge in [-0.05, 0) is 42.5 Å². The second kappa shape index (κ2) is 9.17. The summed E-state index contributed by atoms with van der Waals surface area (Å²) >= 11 is 0. The van der Waals surface area contributed by atoms with Gasteiger partial charge in [0.15, 0.2) is 6.61 Å². The van der Waals surface area contributed by atoms with Gasteiger partial charge >= 0.3 is 17.9 Å². The normalized spacial score (nSPS) is 9.93. The molecule has 0 spiro atoms. The topological polar surface area (TPSA) is 134 Å². The van der Waals surface area contributed by atoms with Gasteiger partial charge in [0.25, 0.3) is 5.91 Å². The highest BCUT2D eigenvalue weighted by molar-refractivity contribution is 6.00. The van der Waals surface area contributed by atoms with E-state index in [2.05, 4.69) is 14.8 Å². The number of amides is 1. The van der Waals surface area contributed by atoms with E-state index in [0.29, 0.717) is 5.69 Å². The predicted octanol–water partition coefficient (Wildman–Crippen LogP) is 1.64. The molecule has 0 atom stereocenters. The van der Waals surface area contributed by atoms with Gasteiger partial charge in [0.2, 0.25) is 0 Å². The first-order valence-corrected chi connectivity index (χ1v) is 7.98. The van der Waals surface area contributed by atoms with Crippen molar-refractivity contribution in [1.29, 1.82) is 0 Å². The fraction of sp³-hybridized carbons (Fsp3) is 0.158. The molecule has 0 fully saturated rings. The number of ether oxygens (including phenoxy) is 3. The molecular weight excluding hydrogens is 368 g/mol. The van der Waals surface area contributed by atoms with Gasteiger partial charge < -0.3 is 25.3 Å². The van der Waals surface area contributed by atoms with Crippen molar-refractivity contribution < 1.29 is 33.4 Å². The van der Waals surface area contributed by atoms with Gasteiger partial charge in [-0.3, -0.25) is 4.79 Å². The number of carbonyl (C=O) groups excluding carboxylic acids is 4. The highest BCUT2D eigenvalue weighted by Crippen LogP contribution is 2.17. The lowest BCUT2D eigenvalue weighted by atomic mass is 10.1. The molecule has 9 nitrogen and oxygen atoms in total. The third-order valence-electron chi connectivity index (χ3n) is 3.54. The van der Waals surface area contributed by atoms with Crippen LogP contribution in [-0.4, -0.2) is 44.6 Å². The molecule has 2 rings (SSSR count). The van der Waals surface area contributed by atoms with Crippen molar-refractivity contribution in [3.05, 3.63) is 59.2 Å². The standard InChI is InChI=1S/C19H18N2O7/c1-26-17(23)12-7-13(18(24)27-2)9-15(8-12)21-16(22)10-28-19(25)11-3-5-14(20)6-4-11/h3-9H,10,20H2,1-2H3,(H,21,22). The lowest BCUT2D eigenvalue weighted by Gasteiger charge is -2.10. The van der Waals surface area contributed by atoms with Crippen LogP contribution in [0.15, 0.2) is 42.5 Å². The van der Waals surface area contributed by atoms with Crippen molar-refractivity contribution in [1.82, 2.24) is 0 Å². The largest absolute Gasteiger partial charge is 0.465 e. The third kappa shape index (κ3) is 5.31. The summed E-state index contributed by atoms with van der Waals surface area (Å²) in [6.07, 6.45) is 0. The van der Waals surface area contributed by atoms with Crippen LogP contribution in [0.1, 0.15) is 31.1 Å². The van der Waals surface area contributed by atoms with Gasteiger partial charge in [-0.15, -0.1) is 0 Å². The summed E-state index contributed by atoms with van der Waals surface area (Å²) in [4.78, 5) is 47.5. The number of nitrogens with two attached hydrogens (primary N) is 1. The number of hydrogen-bond donors (Lipinski definition) is 2. The van der Waals surface area contributed by atoms with E-state index in [1.54, 1.807) is 0 Å². The lowest BCUT2D eigenvalue weighted by Crippen LogP contribution is -2.21. The van der Waals surface area contributed by atoms with Crippen LogP contribution in [0.5, 0.6) is 0 Å². The Labute approximate surface area is 160 Å². The molecule has 2 aromatic rings. The van der Waals surface area contributed by atoms with Crippen LogP contribution in [0.3, 0.4) is 0 Å². The average Bonchev–Trinajstić information content (AvgIpc) is 2.70. The SMILES string of the molecule is COC(=O)c1cc(NC(=O)COC(=O)c2ccc(N)cc2)cc(C(=O)OC)c1. The van der Waals surface area contributed by atoms with Gasteiger partial charge in [-0.25, -0.2) is 14.4 Å². The minimum atomic E-state index is -0.700. The molecule has 0 saturated heterocycles. The zero-order valence-corrected chi connectivity index (χ0v) is 15.2. The van der Waals surface area contributed by atoms with Crippen molar-refractivity contribution in [2.75, 3.05) is 31.9 Å². The highest BCUT2D eigenvalue weighted by atomic mass is 16.5. The zero-order chi connectivity index (χ0) is 20.7. The van der Waals surface area contributed by atoms with E-state index in [0.717, 1.165) is 0 Å². The number of hydrogen-bond acceptors (Lipinski definition) is 8. The summed E-state index contributed by atoms with van der Waals surface area (Å²) in [5.41, 5.74) is 6.48. The van der Waals surface area contributed by atoms with E-state index < -0.39 is 30.4 Å². The van der Waals surface area contributed by atoms with E-state index in [4.69, 9.17) is 10.5 Å². The molecule has 0 aromatic heterocycles. The molecule has 0 aliphatic heterocycles. The summed E-state index contributed by atoms with van der Waals surface area (Å²) in [6, 6.07) is 9.91. The minimum Gasteiger partial charge on any atom is -0.465 e. The van der Waals surface area contributed by atoms with E-state index >= 15 is 0 Å². The minimum absolute atomic E-state index is 0.0413. The monoisotopic (exact) mass is 386 g/mol. The first-order chi connectivity index (χ1) is 13.3. The summed E-state index contributed by atoms with van der Waals surface area (Å²) in [5.74, 6) is -2.76. The van der Waals surface area contributed by atoms with E-state index in [1.807, 2.05) is 0 Å². The number of rotatable bonds is 6. The van der Waals surface area contributed by atoms with Crippen LogP contribution in [0.2, 0.25) is 0 Å². The molecule has 0 unspecified atom stereocenters. The molecular formula is C19H18N2O7. The fourth-order valence-electron chi connectivity index (χ4n) is 2.20. The van der Waals surface area contributed by atoms with Gasteiger partial charge in [0.1, 0.15) is 0 Å². The number of carbonyl (C=O) groups is 4. The maximum atomic E-state index is 12.1. The first kappa shape index (κ1) is 20.4. The maximum Gasteiger partial charge on any atom is 0.338 e. The second-order valence-corrected chi connectivity index (χ2v) is 5.53. The van der Waals surface area contributed by atoms with E-state index in [-0.39, 0.29) is 22.4 Å². The molecule has 28 heavy (non-hydrogen) atoms. The molecule has 2 aromatic carbocycles.